The molecule has 3 rings (SSSR count). The van der Waals surface area contributed by atoms with Crippen molar-refractivity contribution in [2.45, 2.75) is 24.1 Å². The third-order valence-electron chi connectivity index (χ3n) is 3.16. The highest BCUT2D eigenvalue weighted by Crippen LogP contribution is 2.39. The van der Waals surface area contributed by atoms with E-state index in [4.69, 9.17) is 4.42 Å². The van der Waals surface area contributed by atoms with E-state index in [9.17, 15) is 4.79 Å². The molecule has 2 aliphatic heterocycles. The Kier molecular flexibility index (Phi) is 2.24. The zero-order chi connectivity index (χ0) is 10.3. The van der Waals surface area contributed by atoms with Crippen LogP contribution in [0.3, 0.4) is 0 Å². The van der Waals surface area contributed by atoms with Gasteiger partial charge in [-0.1, -0.05) is 0 Å². The Bertz CT molecular complexity index is 363. The predicted molar refractivity (Wildman–Crippen MR) is 58.6 cm³/mol. The summed E-state index contributed by atoms with van der Waals surface area (Å²) in [5, 5.41) is 0.390. The smallest absolute Gasteiger partial charge is 0.224 e. The Labute approximate surface area is 92.8 Å². The molecule has 0 N–H and O–H groups in total. The topological polar surface area (TPSA) is 33.5 Å². The molecule has 2 aliphatic rings. The van der Waals surface area contributed by atoms with E-state index in [-0.39, 0.29) is 5.91 Å². The van der Waals surface area contributed by atoms with Crippen molar-refractivity contribution < 1.29 is 9.21 Å². The van der Waals surface area contributed by atoms with E-state index < -0.39 is 0 Å². The lowest BCUT2D eigenvalue weighted by Gasteiger charge is -2.32. The lowest BCUT2D eigenvalue weighted by Crippen LogP contribution is -2.40. The number of hydrogen-bond acceptors (Lipinski definition) is 3. The molecular weight excluding hydrogens is 210 g/mol. The van der Waals surface area contributed by atoms with Gasteiger partial charge in [0.05, 0.1) is 11.6 Å². The van der Waals surface area contributed by atoms with Crippen LogP contribution in [0, 0.1) is 0 Å². The molecule has 2 saturated heterocycles. The molecule has 0 aliphatic carbocycles. The second kappa shape index (κ2) is 3.59. The Morgan fingerprint density at radius 3 is 3.27 bits per heavy atom. The van der Waals surface area contributed by atoms with Crippen molar-refractivity contribution in [3.63, 3.8) is 0 Å². The van der Waals surface area contributed by atoms with Gasteiger partial charge in [0.2, 0.25) is 5.91 Å². The largest absolute Gasteiger partial charge is 0.469 e. The van der Waals surface area contributed by atoms with Gasteiger partial charge in [-0.15, -0.1) is 11.8 Å². The fourth-order valence-corrected chi connectivity index (χ4v) is 3.74. The van der Waals surface area contributed by atoms with E-state index in [0.717, 1.165) is 24.5 Å². The van der Waals surface area contributed by atoms with E-state index in [1.165, 1.54) is 0 Å². The average Bonchev–Trinajstić information content (AvgIpc) is 2.88. The summed E-state index contributed by atoms with van der Waals surface area (Å²) in [6.07, 6.45) is 3.35. The van der Waals surface area contributed by atoms with E-state index in [2.05, 4.69) is 0 Å². The lowest BCUT2D eigenvalue weighted by molar-refractivity contribution is -0.134. The Balaban J connectivity index is 1.81. The van der Waals surface area contributed by atoms with Gasteiger partial charge in [0.25, 0.3) is 0 Å². The number of amides is 1. The first-order chi connectivity index (χ1) is 7.34. The highest BCUT2D eigenvalue weighted by molar-refractivity contribution is 8.00. The zero-order valence-corrected chi connectivity index (χ0v) is 9.20. The van der Waals surface area contributed by atoms with Gasteiger partial charge >= 0.3 is 0 Å². The van der Waals surface area contributed by atoms with Gasteiger partial charge in [-0.3, -0.25) is 4.79 Å². The molecule has 4 heteroatoms. The number of piperidine rings is 1. The summed E-state index contributed by atoms with van der Waals surface area (Å²) >= 11 is 1.89. The number of hydrogen-bond donors (Lipinski definition) is 0. The SMILES string of the molecule is O=C1C[C@H](c2ccco2)C[C@H]2SCCN12. The summed E-state index contributed by atoms with van der Waals surface area (Å²) in [5.41, 5.74) is 0. The summed E-state index contributed by atoms with van der Waals surface area (Å²) in [6.45, 7) is 0.930. The molecule has 0 saturated carbocycles. The maximum Gasteiger partial charge on any atom is 0.224 e. The Morgan fingerprint density at radius 1 is 1.53 bits per heavy atom. The molecule has 3 heterocycles. The Hall–Kier alpha value is -0.900. The minimum atomic E-state index is 0.289. The molecule has 0 aromatic carbocycles. The summed E-state index contributed by atoms with van der Waals surface area (Å²) < 4.78 is 5.39. The normalized spacial score (nSPS) is 30.7. The first kappa shape index (κ1) is 9.33. The quantitative estimate of drug-likeness (QED) is 0.730. The van der Waals surface area contributed by atoms with E-state index >= 15 is 0 Å². The fraction of sp³-hybridized carbons (Fsp3) is 0.545. The number of rotatable bonds is 1. The van der Waals surface area contributed by atoms with Crippen molar-refractivity contribution in [3.05, 3.63) is 24.2 Å². The molecule has 0 unspecified atom stereocenters. The van der Waals surface area contributed by atoms with Crippen LogP contribution in [0.25, 0.3) is 0 Å². The van der Waals surface area contributed by atoms with Crippen molar-refractivity contribution in [2.75, 3.05) is 12.3 Å². The van der Waals surface area contributed by atoms with Gasteiger partial charge in [-0.05, 0) is 18.6 Å². The van der Waals surface area contributed by atoms with Crippen molar-refractivity contribution in [3.8, 4) is 0 Å². The second-order valence-electron chi connectivity index (χ2n) is 4.06. The third kappa shape index (κ3) is 1.57. The van der Waals surface area contributed by atoms with E-state index in [1.54, 1.807) is 6.26 Å². The van der Waals surface area contributed by atoms with Crippen LogP contribution in [0.1, 0.15) is 24.5 Å². The molecule has 80 valence electrons. The molecule has 0 radical (unpaired) electrons. The number of carbonyl (C=O) groups excluding carboxylic acids is 1. The molecule has 0 spiro atoms. The summed E-state index contributed by atoms with van der Waals surface area (Å²) in [5.74, 6) is 2.63. The minimum Gasteiger partial charge on any atom is -0.469 e. The Morgan fingerprint density at radius 2 is 2.47 bits per heavy atom. The van der Waals surface area contributed by atoms with Crippen LogP contribution in [0.2, 0.25) is 0 Å². The van der Waals surface area contributed by atoms with Crippen LogP contribution >= 0.6 is 11.8 Å². The minimum absolute atomic E-state index is 0.289. The van der Waals surface area contributed by atoms with Crippen LogP contribution in [0.15, 0.2) is 22.8 Å². The first-order valence-corrected chi connectivity index (χ1v) is 6.34. The summed E-state index contributed by atoms with van der Waals surface area (Å²) in [6, 6.07) is 3.88. The maximum absolute atomic E-state index is 11.9. The fourth-order valence-electron chi connectivity index (χ4n) is 2.40. The van der Waals surface area contributed by atoms with Gasteiger partial charge in [0.15, 0.2) is 0 Å². The number of carbonyl (C=O) groups is 1. The molecule has 2 atom stereocenters. The highest BCUT2D eigenvalue weighted by Gasteiger charge is 2.38. The summed E-state index contributed by atoms with van der Waals surface area (Å²) in [7, 11) is 0. The predicted octanol–water partition coefficient (Wildman–Crippen LogP) is 2.06. The monoisotopic (exact) mass is 223 g/mol. The second-order valence-corrected chi connectivity index (χ2v) is 5.35. The average molecular weight is 223 g/mol. The standard InChI is InChI=1S/C11H13NO2S/c13-10-6-8(9-2-1-4-14-9)7-11-12(10)3-5-15-11/h1-2,4,8,11H,3,5-7H2/t8-,11+/m0/s1. The van der Waals surface area contributed by atoms with Gasteiger partial charge in [0.1, 0.15) is 5.76 Å². The van der Waals surface area contributed by atoms with Gasteiger partial charge in [0, 0.05) is 24.6 Å². The first-order valence-electron chi connectivity index (χ1n) is 5.29. The van der Waals surface area contributed by atoms with Crippen LogP contribution < -0.4 is 0 Å². The van der Waals surface area contributed by atoms with Gasteiger partial charge in [-0.25, -0.2) is 0 Å². The highest BCUT2D eigenvalue weighted by atomic mass is 32.2. The summed E-state index contributed by atoms with van der Waals surface area (Å²) in [4.78, 5) is 13.9. The molecule has 3 nitrogen and oxygen atoms in total. The lowest BCUT2D eigenvalue weighted by atomic mass is 9.94. The van der Waals surface area contributed by atoms with E-state index in [0.29, 0.717) is 17.7 Å². The van der Waals surface area contributed by atoms with Crippen LogP contribution in [0.5, 0.6) is 0 Å². The maximum atomic E-state index is 11.9. The van der Waals surface area contributed by atoms with Crippen molar-refractivity contribution in [1.82, 2.24) is 4.90 Å². The van der Waals surface area contributed by atoms with Crippen LogP contribution in [0.4, 0.5) is 0 Å². The van der Waals surface area contributed by atoms with Crippen LogP contribution in [-0.2, 0) is 4.79 Å². The molecule has 15 heavy (non-hydrogen) atoms. The van der Waals surface area contributed by atoms with E-state index in [1.807, 2.05) is 28.8 Å². The number of fused-ring (bicyclic) bond motifs is 1. The van der Waals surface area contributed by atoms with Gasteiger partial charge < -0.3 is 9.32 Å². The molecular formula is C11H13NO2S. The van der Waals surface area contributed by atoms with Crippen molar-refractivity contribution in [1.29, 1.82) is 0 Å². The number of nitrogens with zero attached hydrogens (tertiary/aromatic N) is 1. The molecule has 1 aromatic heterocycles. The van der Waals surface area contributed by atoms with Gasteiger partial charge in [-0.2, -0.15) is 0 Å². The zero-order valence-electron chi connectivity index (χ0n) is 8.39. The number of thioether (sulfide) groups is 1. The molecule has 1 amide bonds. The third-order valence-corrected chi connectivity index (χ3v) is 4.41. The van der Waals surface area contributed by atoms with Crippen molar-refractivity contribution >= 4 is 17.7 Å². The molecule has 0 bridgehead atoms. The van der Waals surface area contributed by atoms with Crippen molar-refractivity contribution in [2.24, 2.45) is 0 Å². The molecule has 1 aromatic rings. The number of furan rings is 1. The van der Waals surface area contributed by atoms with Crippen LogP contribution in [-0.4, -0.2) is 28.5 Å². The molecule has 2 fully saturated rings.